The highest BCUT2D eigenvalue weighted by Crippen LogP contribution is 2.22. The van der Waals surface area contributed by atoms with Crippen molar-refractivity contribution in [2.45, 2.75) is 75.9 Å². The van der Waals surface area contributed by atoms with E-state index in [2.05, 4.69) is 10.0 Å². The second-order valence-corrected chi connectivity index (χ2v) is 10.7. The predicted octanol–water partition coefficient (Wildman–Crippen LogP) is 3.53. The predicted molar refractivity (Wildman–Crippen MR) is 132 cm³/mol. The molecule has 190 valence electrons. The Bertz CT molecular complexity index is 1100. The average molecular weight is 504 g/mol. The van der Waals surface area contributed by atoms with Gasteiger partial charge < -0.3 is 10.2 Å². The van der Waals surface area contributed by atoms with Crippen molar-refractivity contribution in [3.05, 3.63) is 65.5 Å². The van der Waals surface area contributed by atoms with E-state index in [-0.39, 0.29) is 41.5 Å². The molecule has 0 bridgehead atoms. The van der Waals surface area contributed by atoms with E-state index < -0.39 is 16.1 Å². The Morgan fingerprint density at radius 3 is 2.29 bits per heavy atom. The third-order valence-corrected chi connectivity index (χ3v) is 7.56. The van der Waals surface area contributed by atoms with E-state index in [1.165, 1.54) is 17.0 Å². The number of carbonyl (C=O) groups is 2. The van der Waals surface area contributed by atoms with Crippen LogP contribution in [-0.4, -0.2) is 43.8 Å². The minimum atomic E-state index is -3.52. The molecule has 0 aliphatic heterocycles. The number of hydrogen-bond acceptors (Lipinski definition) is 4. The minimum Gasteiger partial charge on any atom is -0.354 e. The van der Waals surface area contributed by atoms with Crippen molar-refractivity contribution in [2.75, 3.05) is 6.54 Å². The van der Waals surface area contributed by atoms with E-state index in [9.17, 15) is 22.4 Å². The van der Waals surface area contributed by atoms with Crippen LogP contribution in [-0.2, 0) is 32.6 Å². The molecule has 9 heteroatoms. The molecule has 0 saturated heterocycles. The number of hydrogen-bond donors (Lipinski definition) is 2. The van der Waals surface area contributed by atoms with Crippen molar-refractivity contribution in [1.29, 1.82) is 0 Å². The standard InChI is InChI=1S/C26H34FN3O4S/c1-3-4-17-28-26(32)19(2)30(18-21-5-10-22(27)11-6-21)25(31)16-9-20-7-14-24(15-8-20)35(33,34)29-23-12-13-23/h5-8,10-11,14-15,19,23,29H,3-4,9,12-13,16-18H2,1-2H3,(H,28,32)/t19-/m1/s1. The van der Waals surface area contributed by atoms with Crippen LogP contribution in [0, 0.1) is 5.82 Å². The van der Waals surface area contributed by atoms with Crippen molar-refractivity contribution < 1.29 is 22.4 Å². The van der Waals surface area contributed by atoms with E-state index in [4.69, 9.17) is 0 Å². The van der Waals surface area contributed by atoms with E-state index >= 15 is 0 Å². The molecule has 0 heterocycles. The first-order chi connectivity index (χ1) is 16.7. The number of carbonyl (C=O) groups excluding carboxylic acids is 2. The number of nitrogens with zero attached hydrogens (tertiary/aromatic N) is 1. The molecule has 2 aromatic carbocycles. The number of halogens is 1. The van der Waals surface area contributed by atoms with Gasteiger partial charge in [-0.05, 0) is 68.0 Å². The molecule has 7 nitrogen and oxygen atoms in total. The fourth-order valence-corrected chi connectivity index (χ4v) is 4.93. The normalized spacial score (nSPS) is 14.4. The lowest BCUT2D eigenvalue weighted by Gasteiger charge is -2.29. The summed E-state index contributed by atoms with van der Waals surface area (Å²) in [6.07, 6.45) is 4.08. The van der Waals surface area contributed by atoms with Crippen molar-refractivity contribution in [3.63, 3.8) is 0 Å². The maximum Gasteiger partial charge on any atom is 0.242 e. The summed E-state index contributed by atoms with van der Waals surface area (Å²) in [6, 6.07) is 11.7. The molecule has 2 N–H and O–H groups in total. The number of aryl methyl sites for hydroxylation is 1. The number of amides is 2. The van der Waals surface area contributed by atoms with Crippen molar-refractivity contribution in [2.24, 2.45) is 0 Å². The molecular weight excluding hydrogens is 469 g/mol. The summed E-state index contributed by atoms with van der Waals surface area (Å²) < 4.78 is 40.7. The molecule has 35 heavy (non-hydrogen) atoms. The first-order valence-corrected chi connectivity index (χ1v) is 13.6. The lowest BCUT2D eigenvalue weighted by molar-refractivity contribution is -0.140. The molecule has 3 rings (SSSR count). The van der Waals surface area contributed by atoms with Gasteiger partial charge >= 0.3 is 0 Å². The van der Waals surface area contributed by atoms with Crippen LogP contribution in [0.1, 0.15) is 57.1 Å². The highest BCUT2D eigenvalue weighted by molar-refractivity contribution is 7.89. The summed E-state index contributed by atoms with van der Waals surface area (Å²) in [5.74, 6) is -0.805. The molecule has 1 saturated carbocycles. The molecule has 2 amide bonds. The van der Waals surface area contributed by atoms with Gasteiger partial charge in [-0.1, -0.05) is 37.6 Å². The molecule has 1 aliphatic rings. The lowest BCUT2D eigenvalue weighted by atomic mass is 10.1. The zero-order valence-electron chi connectivity index (χ0n) is 20.3. The van der Waals surface area contributed by atoms with E-state index in [0.717, 1.165) is 36.8 Å². The van der Waals surface area contributed by atoms with E-state index in [0.29, 0.717) is 13.0 Å². The molecule has 0 spiro atoms. The first-order valence-electron chi connectivity index (χ1n) is 12.1. The third-order valence-electron chi connectivity index (χ3n) is 6.02. The molecular formula is C26H34FN3O4S. The summed E-state index contributed by atoms with van der Waals surface area (Å²) in [5, 5.41) is 2.87. The summed E-state index contributed by atoms with van der Waals surface area (Å²) in [4.78, 5) is 27.6. The minimum absolute atomic E-state index is 0.0329. The third kappa shape index (κ3) is 8.14. The second-order valence-electron chi connectivity index (χ2n) is 9.01. The van der Waals surface area contributed by atoms with Gasteiger partial charge in [0.15, 0.2) is 0 Å². The summed E-state index contributed by atoms with van der Waals surface area (Å²) in [7, 11) is -3.52. The average Bonchev–Trinajstić information content (AvgIpc) is 3.65. The zero-order chi connectivity index (χ0) is 25.4. The molecule has 1 atom stereocenters. The van der Waals surface area contributed by atoms with Gasteiger partial charge in [0.05, 0.1) is 4.90 Å². The Kier molecular flexibility index (Phi) is 9.40. The van der Waals surface area contributed by atoms with Crippen LogP contribution in [0.5, 0.6) is 0 Å². The van der Waals surface area contributed by atoms with Crippen LogP contribution in [0.4, 0.5) is 4.39 Å². The van der Waals surface area contributed by atoms with Crippen molar-refractivity contribution in [3.8, 4) is 0 Å². The Hall–Kier alpha value is -2.78. The van der Waals surface area contributed by atoms with E-state index in [1.807, 2.05) is 6.92 Å². The van der Waals surface area contributed by atoms with Crippen LogP contribution in [0.25, 0.3) is 0 Å². The lowest BCUT2D eigenvalue weighted by Crippen LogP contribution is -2.47. The van der Waals surface area contributed by atoms with Crippen LogP contribution in [0.15, 0.2) is 53.4 Å². The SMILES string of the molecule is CCCCNC(=O)[C@@H](C)N(Cc1ccc(F)cc1)C(=O)CCc1ccc(S(=O)(=O)NC2CC2)cc1. The maximum absolute atomic E-state index is 13.3. The van der Waals surface area contributed by atoms with Gasteiger partial charge in [0.2, 0.25) is 21.8 Å². The summed E-state index contributed by atoms with van der Waals surface area (Å²) >= 11 is 0. The molecule has 1 aliphatic carbocycles. The zero-order valence-corrected chi connectivity index (χ0v) is 21.1. The molecule has 1 fully saturated rings. The van der Waals surface area contributed by atoms with Crippen LogP contribution in [0.2, 0.25) is 0 Å². The maximum atomic E-state index is 13.3. The van der Waals surface area contributed by atoms with Gasteiger partial charge in [-0.2, -0.15) is 0 Å². The monoisotopic (exact) mass is 503 g/mol. The largest absolute Gasteiger partial charge is 0.354 e. The Labute approximate surface area is 207 Å². The van der Waals surface area contributed by atoms with Gasteiger partial charge in [-0.15, -0.1) is 0 Å². The number of unbranched alkanes of at least 4 members (excludes halogenated alkanes) is 1. The van der Waals surface area contributed by atoms with Crippen LogP contribution < -0.4 is 10.0 Å². The fraction of sp³-hybridized carbons (Fsp3) is 0.462. The van der Waals surface area contributed by atoms with Crippen molar-refractivity contribution >= 4 is 21.8 Å². The van der Waals surface area contributed by atoms with Gasteiger partial charge in [0.1, 0.15) is 11.9 Å². The van der Waals surface area contributed by atoms with Gasteiger partial charge in [-0.3, -0.25) is 9.59 Å². The summed E-state index contributed by atoms with van der Waals surface area (Å²) in [6.45, 7) is 4.45. The second kappa shape index (κ2) is 12.3. The smallest absolute Gasteiger partial charge is 0.242 e. The number of rotatable bonds is 13. The van der Waals surface area contributed by atoms with Gasteiger partial charge in [-0.25, -0.2) is 17.5 Å². The van der Waals surface area contributed by atoms with Crippen molar-refractivity contribution in [1.82, 2.24) is 14.9 Å². The molecule has 2 aromatic rings. The highest BCUT2D eigenvalue weighted by atomic mass is 32.2. The Balaban J connectivity index is 1.65. The fourth-order valence-electron chi connectivity index (χ4n) is 3.62. The van der Waals surface area contributed by atoms with Gasteiger partial charge in [0, 0.05) is 25.6 Å². The topological polar surface area (TPSA) is 95.6 Å². The van der Waals surface area contributed by atoms with Crippen LogP contribution in [0.3, 0.4) is 0 Å². The highest BCUT2D eigenvalue weighted by Gasteiger charge is 2.28. The molecule has 0 unspecified atom stereocenters. The van der Waals surface area contributed by atoms with Crippen LogP contribution >= 0.6 is 0 Å². The first kappa shape index (κ1) is 26.8. The molecule has 0 aromatic heterocycles. The van der Waals surface area contributed by atoms with Gasteiger partial charge in [0.25, 0.3) is 0 Å². The molecule has 0 radical (unpaired) electrons. The Morgan fingerprint density at radius 2 is 1.69 bits per heavy atom. The number of benzene rings is 2. The Morgan fingerprint density at radius 1 is 1.06 bits per heavy atom. The summed E-state index contributed by atoms with van der Waals surface area (Å²) in [5.41, 5.74) is 1.55. The number of sulfonamides is 1. The quantitative estimate of drug-likeness (QED) is 0.409. The van der Waals surface area contributed by atoms with E-state index in [1.54, 1.807) is 43.3 Å². The number of nitrogens with one attached hydrogen (secondary N) is 2.